The fourth-order valence-corrected chi connectivity index (χ4v) is 4.26. The largest absolute Gasteiger partial charge is 0.457 e. The number of carbonyl (C=O) groups excluding carboxylic acids is 2. The van der Waals surface area contributed by atoms with Crippen LogP contribution >= 0.6 is 0 Å². The Morgan fingerprint density at radius 2 is 1.84 bits per heavy atom. The number of hydrogen-bond donors (Lipinski definition) is 1. The Morgan fingerprint density at radius 3 is 2.58 bits per heavy atom. The number of esters is 1. The van der Waals surface area contributed by atoms with Crippen LogP contribution < -0.4 is 5.32 Å². The zero-order valence-corrected chi connectivity index (χ0v) is 17.1. The molecule has 1 atom stereocenters. The fourth-order valence-electron chi connectivity index (χ4n) is 4.26. The van der Waals surface area contributed by atoms with E-state index < -0.39 is 16.8 Å². The standard InChI is InChI=1S/C24H22N2O5/c1-15-21(24(28)31-14-16-8-3-2-4-9-16)22(17-10-5-6-12-19(17)26(29)30)23-18(25-15)11-7-13-20(23)27/h2-6,8-10,12,22,25H,7,11,13-14H2,1H3/t22-/m1/s1. The van der Waals surface area contributed by atoms with Gasteiger partial charge >= 0.3 is 5.97 Å². The van der Waals surface area contributed by atoms with Gasteiger partial charge in [0.05, 0.1) is 16.4 Å². The number of benzene rings is 2. The van der Waals surface area contributed by atoms with Gasteiger partial charge in [-0.3, -0.25) is 14.9 Å². The van der Waals surface area contributed by atoms with Crippen LogP contribution in [0.4, 0.5) is 5.69 Å². The monoisotopic (exact) mass is 418 g/mol. The average Bonchev–Trinajstić information content (AvgIpc) is 2.77. The van der Waals surface area contributed by atoms with Crippen LogP contribution in [0.5, 0.6) is 0 Å². The molecule has 158 valence electrons. The van der Waals surface area contributed by atoms with Crippen molar-refractivity contribution in [1.82, 2.24) is 5.32 Å². The number of para-hydroxylation sites is 1. The van der Waals surface area contributed by atoms with Crippen molar-refractivity contribution in [2.24, 2.45) is 0 Å². The predicted molar refractivity (Wildman–Crippen MR) is 114 cm³/mol. The summed E-state index contributed by atoms with van der Waals surface area (Å²) in [7, 11) is 0. The number of carbonyl (C=O) groups is 2. The van der Waals surface area contributed by atoms with Crippen molar-refractivity contribution < 1.29 is 19.2 Å². The van der Waals surface area contributed by atoms with Gasteiger partial charge in [0.1, 0.15) is 6.61 Å². The van der Waals surface area contributed by atoms with Crippen LogP contribution in [-0.4, -0.2) is 16.7 Å². The Hall–Kier alpha value is -3.74. The third-order valence-electron chi connectivity index (χ3n) is 5.65. The van der Waals surface area contributed by atoms with Crippen LogP contribution in [0, 0.1) is 10.1 Å². The highest BCUT2D eigenvalue weighted by Gasteiger charge is 2.41. The van der Waals surface area contributed by atoms with E-state index in [1.807, 2.05) is 30.3 Å². The van der Waals surface area contributed by atoms with E-state index in [1.165, 1.54) is 6.07 Å². The van der Waals surface area contributed by atoms with E-state index in [4.69, 9.17) is 4.74 Å². The van der Waals surface area contributed by atoms with Gasteiger partial charge in [0.2, 0.25) is 0 Å². The van der Waals surface area contributed by atoms with Crippen LogP contribution in [0.3, 0.4) is 0 Å². The van der Waals surface area contributed by atoms with Crippen LogP contribution in [0.2, 0.25) is 0 Å². The third-order valence-corrected chi connectivity index (χ3v) is 5.65. The van der Waals surface area contributed by atoms with Crippen molar-refractivity contribution in [1.29, 1.82) is 0 Å². The highest BCUT2D eigenvalue weighted by Crippen LogP contribution is 2.45. The lowest BCUT2D eigenvalue weighted by Crippen LogP contribution is -2.34. The molecule has 0 radical (unpaired) electrons. The van der Waals surface area contributed by atoms with Gasteiger partial charge in [0.15, 0.2) is 5.78 Å². The lowest BCUT2D eigenvalue weighted by molar-refractivity contribution is -0.385. The number of ether oxygens (including phenoxy) is 1. The number of Topliss-reactive ketones (excluding diaryl/α,β-unsaturated/α-hetero) is 1. The maximum absolute atomic E-state index is 13.2. The molecule has 0 fully saturated rings. The first kappa shape index (κ1) is 20.5. The summed E-state index contributed by atoms with van der Waals surface area (Å²) in [5.74, 6) is -1.53. The molecule has 4 rings (SSSR count). The normalized spacial score (nSPS) is 18.4. The highest BCUT2D eigenvalue weighted by atomic mass is 16.6. The van der Waals surface area contributed by atoms with Gasteiger partial charge in [-0.2, -0.15) is 0 Å². The molecular weight excluding hydrogens is 396 g/mol. The molecule has 2 aliphatic rings. The van der Waals surface area contributed by atoms with Gasteiger partial charge in [-0.05, 0) is 25.3 Å². The predicted octanol–water partition coefficient (Wildman–Crippen LogP) is 4.31. The van der Waals surface area contributed by atoms with Gasteiger partial charge < -0.3 is 10.1 Å². The summed E-state index contributed by atoms with van der Waals surface area (Å²) in [5, 5.41) is 14.9. The van der Waals surface area contributed by atoms with Crippen molar-refractivity contribution in [3.63, 3.8) is 0 Å². The summed E-state index contributed by atoms with van der Waals surface area (Å²) in [6.45, 7) is 1.81. The van der Waals surface area contributed by atoms with Crippen LogP contribution in [0.1, 0.15) is 43.2 Å². The number of nitrogens with zero attached hydrogens (tertiary/aromatic N) is 1. The summed E-state index contributed by atoms with van der Waals surface area (Å²) < 4.78 is 5.56. The number of allylic oxidation sites excluding steroid dienone is 3. The minimum absolute atomic E-state index is 0.0694. The summed E-state index contributed by atoms with van der Waals surface area (Å²) in [5.41, 5.74) is 2.97. The Balaban J connectivity index is 1.78. The van der Waals surface area contributed by atoms with Gasteiger partial charge in [-0.15, -0.1) is 0 Å². The van der Waals surface area contributed by atoms with E-state index >= 15 is 0 Å². The van der Waals surface area contributed by atoms with Crippen molar-refractivity contribution in [3.05, 3.63) is 98.4 Å². The second kappa shape index (κ2) is 8.55. The third kappa shape index (κ3) is 3.99. The number of nitro groups is 1. The highest BCUT2D eigenvalue weighted by molar-refractivity contribution is 6.04. The zero-order valence-electron chi connectivity index (χ0n) is 17.1. The molecule has 2 aromatic carbocycles. The van der Waals surface area contributed by atoms with E-state index in [9.17, 15) is 19.7 Å². The molecule has 0 saturated heterocycles. The molecule has 0 bridgehead atoms. The Kier molecular flexibility index (Phi) is 5.66. The summed E-state index contributed by atoms with van der Waals surface area (Å²) in [4.78, 5) is 37.4. The van der Waals surface area contributed by atoms with Crippen LogP contribution in [0.15, 0.2) is 77.1 Å². The van der Waals surface area contributed by atoms with Crippen LogP contribution in [0.25, 0.3) is 0 Å². The molecule has 1 heterocycles. The lowest BCUT2D eigenvalue weighted by Gasteiger charge is -2.33. The number of ketones is 1. The molecule has 7 nitrogen and oxygen atoms in total. The molecule has 1 aliphatic carbocycles. The zero-order chi connectivity index (χ0) is 22.0. The molecule has 7 heteroatoms. The molecule has 1 N–H and O–H groups in total. The van der Waals surface area contributed by atoms with Gasteiger partial charge in [-0.1, -0.05) is 48.5 Å². The van der Waals surface area contributed by atoms with E-state index in [0.29, 0.717) is 36.1 Å². The molecule has 0 spiro atoms. The van der Waals surface area contributed by atoms with E-state index in [1.54, 1.807) is 25.1 Å². The summed E-state index contributed by atoms with van der Waals surface area (Å²) in [6, 6.07) is 15.5. The second-order valence-electron chi connectivity index (χ2n) is 7.64. The Morgan fingerprint density at radius 1 is 1.13 bits per heavy atom. The summed E-state index contributed by atoms with van der Waals surface area (Å²) in [6.07, 6.45) is 1.71. The quantitative estimate of drug-likeness (QED) is 0.441. The average molecular weight is 418 g/mol. The first-order valence-corrected chi connectivity index (χ1v) is 10.2. The SMILES string of the molecule is CC1=C(C(=O)OCc2ccccc2)[C@@H](c2ccccc2[N+](=O)[O-])C2=C(CCCC2=O)N1. The van der Waals surface area contributed by atoms with E-state index in [2.05, 4.69) is 5.32 Å². The molecule has 1 aliphatic heterocycles. The number of rotatable bonds is 5. The van der Waals surface area contributed by atoms with Crippen LogP contribution in [-0.2, 0) is 20.9 Å². The number of nitro benzene ring substituents is 1. The number of nitrogens with one attached hydrogen (secondary N) is 1. The molecule has 2 aromatic rings. The molecular formula is C24H22N2O5. The van der Waals surface area contributed by atoms with Crippen molar-refractivity contribution >= 4 is 17.4 Å². The smallest absolute Gasteiger partial charge is 0.337 e. The minimum Gasteiger partial charge on any atom is -0.457 e. The fraction of sp³-hybridized carbons (Fsp3) is 0.250. The van der Waals surface area contributed by atoms with Gasteiger partial charge in [-0.25, -0.2) is 4.79 Å². The first-order valence-electron chi connectivity index (χ1n) is 10.2. The summed E-state index contributed by atoms with van der Waals surface area (Å²) >= 11 is 0. The number of dihydropyridines is 1. The molecule has 0 amide bonds. The van der Waals surface area contributed by atoms with Gasteiger partial charge in [0, 0.05) is 35.0 Å². The first-order chi connectivity index (χ1) is 15.0. The number of hydrogen-bond acceptors (Lipinski definition) is 6. The van der Waals surface area contributed by atoms with Gasteiger partial charge in [0.25, 0.3) is 5.69 Å². The Labute approximate surface area is 179 Å². The maximum Gasteiger partial charge on any atom is 0.337 e. The molecule has 31 heavy (non-hydrogen) atoms. The van der Waals surface area contributed by atoms with E-state index in [-0.39, 0.29) is 23.7 Å². The molecule has 0 unspecified atom stereocenters. The Bertz CT molecular complexity index is 1120. The lowest BCUT2D eigenvalue weighted by atomic mass is 9.75. The topological polar surface area (TPSA) is 98.5 Å². The van der Waals surface area contributed by atoms with Crippen molar-refractivity contribution in [2.45, 2.75) is 38.7 Å². The maximum atomic E-state index is 13.2. The molecule has 0 aromatic heterocycles. The minimum atomic E-state index is -0.839. The second-order valence-corrected chi connectivity index (χ2v) is 7.64. The molecule has 0 saturated carbocycles. The van der Waals surface area contributed by atoms with Crippen molar-refractivity contribution in [2.75, 3.05) is 0 Å². The van der Waals surface area contributed by atoms with E-state index in [0.717, 1.165) is 11.3 Å². The van der Waals surface area contributed by atoms with Crippen molar-refractivity contribution in [3.8, 4) is 0 Å².